The lowest BCUT2D eigenvalue weighted by atomic mass is 10.2. The van der Waals surface area contributed by atoms with Gasteiger partial charge in [-0.3, -0.25) is 4.79 Å². The van der Waals surface area contributed by atoms with E-state index in [0.717, 1.165) is 12.0 Å². The molecule has 0 heterocycles. The number of methoxy groups -OCH3 is 2. The van der Waals surface area contributed by atoms with Gasteiger partial charge in [-0.25, -0.2) is 5.43 Å². The molecule has 1 amide bonds. The molecule has 0 aliphatic heterocycles. The van der Waals surface area contributed by atoms with Crippen molar-refractivity contribution in [3.8, 4) is 17.2 Å². The summed E-state index contributed by atoms with van der Waals surface area (Å²) in [5, 5.41) is 3.98. The van der Waals surface area contributed by atoms with Gasteiger partial charge in [0, 0.05) is 5.56 Å². The van der Waals surface area contributed by atoms with Gasteiger partial charge in [-0.1, -0.05) is 6.92 Å². The molecule has 0 radical (unpaired) electrons. The van der Waals surface area contributed by atoms with Gasteiger partial charge >= 0.3 is 0 Å². The Morgan fingerprint density at radius 2 is 1.84 bits per heavy atom. The fourth-order valence-corrected chi connectivity index (χ4v) is 2.07. The third-order valence-electron chi connectivity index (χ3n) is 3.38. The van der Waals surface area contributed by atoms with Crippen LogP contribution < -0.4 is 19.6 Å². The van der Waals surface area contributed by atoms with Gasteiger partial charge in [0.25, 0.3) is 5.91 Å². The van der Waals surface area contributed by atoms with Gasteiger partial charge in [0.05, 0.1) is 27.0 Å². The molecule has 25 heavy (non-hydrogen) atoms. The molecule has 0 unspecified atom stereocenters. The van der Waals surface area contributed by atoms with E-state index in [9.17, 15) is 4.79 Å². The maximum atomic E-state index is 12.0. The van der Waals surface area contributed by atoms with E-state index in [0.29, 0.717) is 29.4 Å². The monoisotopic (exact) mass is 342 g/mol. The molecule has 0 spiro atoms. The molecule has 2 aromatic rings. The van der Waals surface area contributed by atoms with Gasteiger partial charge in [0.2, 0.25) is 0 Å². The zero-order valence-electron chi connectivity index (χ0n) is 14.6. The highest BCUT2D eigenvalue weighted by Crippen LogP contribution is 2.27. The molecule has 6 heteroatoms. The number of hydrogen-bond donors (Lipinski definition) is 1. The maximum absolute atomic E-state index is 12.0. The summed E-state index contributed by atoms with van der Waals surface area (Å²) < 4.78 is 16.0. The molecule has 1 N–H and O–H groups in total. The first-order valence-corrected chi connectivity index (χ1v) is 7.96. The highest BCUT2D eigenvalue weighted by molar-refractivity contribution is 5.95. The Morgan fingerprint density at radius 1 is 1.08 bits per heavy atom. The summed E-state index contributed by atoms with van der Waals surface area (Å²) in [6.45, 7) is 2.67. The van der Waals surface area contributed by atoms with Crippen LogP contribution in [0.25, 0.3) is 0 Å². The third-order valence-corrected chi connectivity index (χ3v) is 3.38. The Balaban J connectivity index is 1.99. The average Bonchev–Trinajstić information content (AvgIpc) is 2.66. The normalized spacial score (nSPS) is 10.5. The number of nitrogens with zero attached hydrogens (tertiary/aromatic N) is 1. The number of nitrogens with one attached hydrogen (secondary N) is 1. The van der Waals surface area contributed by atoms with Crippen molar-refractivity contribution in [2.24, 2.45) is 5.10 Å². The molecule has 0 fully saturated rings. The minimum atomic E-state index is -0.297. The van der Waals surface area contributed by atoms with E-state index in [1.54, 1.807) is 50.8 Å². The van der Waals surface area contributed by atoms with Crippen molar-refractivity contribution in [1.82, 2.24) is 5.43 Å². The second kappa shape index (κ2) is 9.32. The summed E-state index contributed by atoms with van der Waals surface area (Å²) in [4.78, 5) is 12.0. The first kappa shape index (κ1) is 18.3. The summed E-state index contributed by atoms with van der Waals surface area (Å²) >= 11 is 0. The quantitative estimate of drug-likeness (QED) is 0.590. The van der Waals surface area contributed by atoms with E-state index in [-0.39, 0.29) is 5.91 Å². The van der Waals surface area contributed by atoms with Crippen molar-refractivity contribution in [2.45, 2.75) is 13.3 Å². The molecule has 0 saturated heterocycles. The van der Waals surface area contributed by atoms with E-state index in [2.05, 4.69) is 10.5 Å². The zero-order valence-corrected chi connectivity index (χ0v) is 14.6. The highest BCUT2D eigenvalue weighted by Gasteiger charge is 2.06. The molecule has 6 nitrogen and oxygen atoms in total. The number of hydrogen-bond acceptors (Lipinski definition) is 5. The molecular weight excluding hydrogens is 320 g/mol. The number of rotatable bonds is 8. The fraction of sp³-hybridized carbons (Fsp3) is 0.263. The topological polar surface area (TPSA) is 69.2 Å². The first-order chi connectivity index (χ1) is 12.2. The van der Waals surface area contributed by atoms with Crippen LogP contribution in [-0.4, -0.2) is 32.9 Å². The average molecular weight is 342 g/mol. The van der Waals surface area contributed by atoms with Crippen LogP contribution in [0.4, 0.5) is 0 Å². The predicted molar refractivity (Wildman–Crippen MR) is 96.8 cm³/mol. The molecule has 0 atom stereocenters. The van der Waals surface area contributed by atoms with Crippen molar-refractivity contribution in [3.05, 3.63) is 53.6 Å². The highest BCUT2D eigenvalue weighted by atomic mass is 16.5. The lowest BCUT2D eigenvalue weighted by molar-refractivity contribution is 0.0955. The number of ether oxygens (including phenoxy) is 3. The van der Waals surface area contributed by atoms with E-state index < -0.39 is 0 Å². The predicted octanol–water partition coefficient (Wildman–Crippen LogP) is 3.26. The van der Waals surface area contributed by atoms with Gasteiger partial charge in [-0.2, -0.15) is 5.10 Å². The summed E-state index contributed by atoms with van der Waals surface area (Å²) in [7, 11) is 3.16. The fourth-order valence-electron chi connectivity index (χ4n) is 2.07. The van der Waals surface area contributed by atoms with Crippen LogP contribution in [0.3, 0.4) is 0 Å². The van der Waals surface area contributed by atoms with Crippen LogP contribution in [0.15, 0.2) is 47.6 Å². The zero-order chi connectivity index (χ0) is 18.1. The maximum Gasteiger partial charge on any atom is 0.271 e. The molecule has 132 valence electrons. The molecule has 0 saturated carbocycles. The second-order valence-electron chi connectivity index (χ2n) is 5.19. The van der Waals surface area contributed by atoms with Crippen LogP contribution in [0, 0.1) is 0 Å². The van der Waals surface area contributed by atoms with E-state index >= 15 is 0 Å². The number of carbonyl (C=O) groups is 1. The standard InChI is InChI=1S/C19H22N2O4/c1-4-11-25-17-10-5-14(12-18(17)24-3)13-20-21-19(22)15-6-8-16(23-2)9-7-15/h5-10,12-13H,4,11H2,1-3H3,(H,21,22)/b20-13-. The lowest BCUT2D eigenvalue weighted by Gasteiger charge is -2.10. The molecule has 0 aromatic heterocycles. The van der Waals surface area contributed by atoms with Gasteiger partial charge in [0.15, 0.2) is 11.5 Å². The van der Waals surface area contributed by atoms with E-state index in [1.165, 1.54) is 0 Å². The van der Waals surface area contributed by atoms with Crippen molar-refractivity contribution in [2.75, 3.05) is 20.8 Å². The Bertz CT molecular complexity index is 727. The third kappa shape index (κ3) is 5.24. The number of benzene rings is 2. The smallest absolute Gasteiger partial charge is 0.271 e. The van der Waals surface area contributed by atoms with E-state index in [1.807, 2.05) is 19.1 Å². The molecule has 2 rings (SSSR count). The van der Waals surface area contributed by atoms with Crippen LogP contribution in [0.1, 0.15) is 29.3 Å². The number of carbonyl (C=O) groups excluding carboxylic acids is 1. The first-order valence-electron chi connectivity index (χ1n) is 7.96. The van der Waals surface area contributed by atoms with Crippen molar-refractivity contribution >= 4 is 12.1 Å². The van der Waals surface area contributed by atoms with Crippen molar-refractivity contribution < 1.29 is 19.0 Å². The number of amides is 1. The number of hydrazone groups is 1. The molecular formula is C19H22N2O4. The second-order valence-corrected chi connectivity index (χ2v) is 5.19. The van der Waals surface area contributed by atoms with Crippen LogP contribution in [-0.2, 0) is 0 Å². The summed E-state index contributed by atoms with van der Waals surface area (Å²) in [5.74, 6) is 1.70. The summed E-state index contributed by atoms with van der Waals surface area (Å²) in [6, 6.07) is 12.3. The van der Waals surface area contributed by atoms with Gasteiger partial charge < -0.3 is 14.2 Å². The lowest BCUT2D eigenvalue weighted by Crippen LogP contribution is -2.17. The Kier molecular flexibility index (Phi) is 6.83. The largest absolute Gasteiger partial charge is 0.497 e. The molecule has 2 aromatic carbocycles. The molecule has 0 aliphatic carbocycles. The molecule has 0 bridgehead atoms. The van der Waals surface area contributed by atoms with Gasteiger partial charge in [0.1, 0.15) is 5.75 Å². The SMILES string of the molecule is CCCOc1ccc(/C=N\NC(=O)c2ccc(OC)cc2)cc1OC. The van der Waals surface area contributed by atoms with Crippen molar-refractivity contribution in [3.63, 3.8) is 0 Å². The minimum absolute atomic E-state index is 0.297. The van der Waals surface area contributed by atoms with Crippen molar-refractivity contribution in [1.29, 1.82) is 0 Å². The van der Waals surface area contributed by atoms with Crippen LogP contribution >= 0.6 is 0 Å². The minimum Gasteiger partial charge on any atom is -0.497 e. The Morgan fingerprint density at radius 3 is 2.48 bits per heavy atom. The summed E-state index contributed by atoms with van der Waals surface area (Å²) in [5.41, 5.74) is 3.78. The van der Waals surface area contributed by atoms with Crippen LogP contribution in [0.2, 0.25) is 0 Å². The molecule has 0 aliphatic rings. The van der Waals surface area contributed by atoms with E-state index in [4.69, 9.17) is 14.2 Å². The van der Waals surface area contributed by atoms with Crippen LogP contribution in [0.5, 0.6) is 17.2 Å². The Hall–Kier alpha value is -3.02. The van der Waals surface area contributed by atoms with Gasteiger partial charge in [-0.15, -0.1) is 0 Å². The van der Waals surface area contributed by atoms with Gasteiger partial charge in [-0.05, 0) is 54.4 Å². The summed E-state index contributed by atoms with van der Waals surface area (Å²) in [6.07, 6.45) is 2.47. The Labute approximate surface area is 147 Å².